The van der Waals surface area contributed by atoms with Crippen LogP contribution in [0, 0.1) is 5.82 Å². The van der Waals surface area contributed by atoms with Crippen LogP contribution in [-0.2, 0) is 29.1 Å². The highest BCUT2D eigenvalue weighted by molar-refractivity contribution is 5.79. The smallest absolute Gasteiger partial charge is 0.346 e. The number of piperidine rings is 1. The van der Waals surface area contributed by atoms with Gasteiger partial charge in [-0.2, -0.15) is 26.3 Å². The summed E-state index contributed by atoms with van der Waals surface area (Å²) in [6.45, 7) is 1.79. The fourth-order valence-corrected chi connectivity index (χ4v) is 6.65. The second kappa shape index (κ2) is 12.3. The fraction of sp³-hybridized carbons (Fsp3) is 0.424. The molecule has 5 rings (SSSR count). The molecule has 2 fully saturated rings. The molecule has 0 radical (unpaired) electrons. The summed E-state index contributed by atoms with van der Waals surface area (Å²) < 4.78 is 93.5. The summed E-state index contributed by atoms with van der Waals surface area (Å²) in [5, 5.41) is 3.02. The van der Waals surface area contributed by atoms with Crippen molar-refractivity contribution in [1.82, 2.24) is 10.2 Å². The number of hydrogen-bond acceptors (Lipinski definition) is 2. The van der Waals surface area contributed by atoms with Crippen molar-refractivity contribution in [2.45, 2.75) is 74.8 Å². The van der Waals surface area contributed by atoms with E-state index < -0.39 is 41.3 Å². The van der Waals surface area contributed by atoms with Gasteiger partial charge in [0.1, 0.15) is 5.82 Å². The van der Waals surface area contributed by atoms with Gasteiger partial charge in [0.25, 0.3) is 0 Å². The molecule has 3 aromatic carbocycles. The van der Waals surface area contributed by atoms with Crippen molar-refractivity contribution in [1.29, 1.82) is 0 Å². The lowest BCUT2D eigenvalue weighted by molar-refractivity contribution is -0.143. The molecule has 0 unspecified atom stereocenters. The molecule has 1 aliphatic heterocycles. The Labute approximate surface area is 246 Å². The maximum Gasteiger partial charge on any atom is 0.416 e. The third-order valence-electron chi connectivity index (χ3n) is 8.91. The molecule has 1 heterocycles. The molecule has 2 aliphatic rings. The van der Waals surface area contributed by atoms with E-state index in [9.17, 15) is 35.5 Å². The summed E-state index contributed by atoms with van der Waals surface area (Å²) >= 11 is 0. The summed E-state index contributed by atoms with van der Waals surface area (Å²) in [6.07, 6.45) is -5.94. The van der Waals surface area contributed by atoms with Crippen LogP contribution < -0.4 is 5.32 Å². The monoisotopic (exact) mass is 606 g/mol. The molecule has 1 aliphatic carbocycles. The van der Waals surface area contributed by atoms with Gasteiger partial charge < -0.3 is 10.2 Å². The molecule has 3 nitrogen and oxygen atoms in total. The van der Waals surface area contributed by atoms with Gasteiger partial charge in [-0.25, -0.2) is 4.39 Å². The van der Waals surface area contributed by atoms with Crippen LogP contribution in [0.4, 0.5) is 30.7 Å². The van der Waals surface area contributed by atoms with Crippen LogP contribution in [0.15, 0.2) is 72.8 Å². The van der Waals surface area contributed by atoms with E-state index in [-0.39, 0.29) is 17.4 Å². The SMILES string of the molecule is O=C(Cc1cc(C(F)(F)F)cc(C(F)(F)F)c1)N[C@]1(c2ccccc2)CC[C@H](N2CCC(c3ccc(F)cc3)CC2)CC1. The largest absolute Gasteiger partial charge is 0.416 e. The summed E-state index contributed by atoms with van der Waals surface area (Å²) in [5.41, 5.74) is -2.01. The average Bonchev–Trinajstić information content (AvgIpc) is 2.97. The fourth-order valence-electron chi connectivity index (χ4n) is 6.65. The van der Waals surface area contributed by atoms with Crippen LogP contribution in [0.25, 0.3) is 0 Å². The topological polar surface area (TPSA) is 32.3 Å². The highest BCUT2D eigenvalue weighted by Gasteiger charge is 2.41. The number of carbonyl (C=O) groups excluding carboxylic acids is 1. The number of halogens is 7. The predicted octanol–water partition coefficient (Wildman–Crippen LogP) is 8.24. The van der Waals surface area contributed by atoms with Crippen LogP contribution in [0.1, 0.15) is 72.3 Å². The average molecular weight is 607 g/mol. The number of amides is 1. The third kappa shape index (κ3) is 7.40. The van der Waals surface area contributed by atoms with E-state index in [2.05, 4.69) is 10.2 Å². The molecule has 0 bridgehead atoms. The quantitative estimate of drug-likeness (QED) is 0.287. The number of nitrogens with one attached hydrogen (secondary N) is 1. The van der Waals surface area contributed by atoms with Gasteiger partial charge in [-0.15, -0.1) is 0 Å². The van der Waals surface area contributed by atoms with E-state index in [1.165, 1.54) is 12.1 Å². The van der Waals surface area contributed by atoms with E-state index >= 15 is 0 Å². The molecule has 43 heavy (non-hydrogen) atoms. The molecular weight excluding hydrogens is 573 g/mol. The Hall–Kier alpha value is -3.40. The second-order valence-corrected chi connectivity index (χ2v) is 11.7. The van der Waals surface area contributed by atoms with Crippen molar-refractivity contribution in [2.75, 3.05) is 13.1 Å². The van der Waals surface area contributed by atoms with Crippen molar-refractivity contribution < 1.29 is 35.5 Å². The summed E-state index contributed by atoms with van der Waals surface area (Å²) in [6, 6.07) is 17.6. The van der Waals surface area contributed by atoms with Crippen LogP contribution in [-0.4, -0.2) is 29.9 Å². The van der Waals surface area contributed by atoms with E-state index in [0.29, 0.717) is 36.9 Å². The van der Waals surface area contributed by atoms with Crippen LogP contribution >= 0.6 is 0 Å². The van der Waals surface area contributed by atoms with Gasteiger partial charge in [-0.1, -0.05) is 42.5 Å². The Morgan fingerprint density at radius 3 is 1.88 bits per heavy atom. The summed E-state index contributed by atoms with van der Waals surface area (Å²) in [7, 11) is 0. The third-order valence-corrected chi connectivity index (χ3v) is 8.91. The molecule has 0 spiro atoms. The molecule has 0 atom stereocenters. The first-order valence-corrected chi connectivity index (χ1v) is 14.5. The normalized spacial score (nSPS) is 22.3. The standard InChI is InChI=1S/C33H33F7N2O/c34-28-8-6-23(7-9-28)24-12-16-42(17-13-24)29-10-14-31(15-11-29,25-4-2-1-3-5-25)41-30(43)20-22-18-26(32(35,36)37)21-27(19-22)33(38,39)40/h1-9,18-19,21,24,29H,10-17,20H2,(H,41,43)/t29-,31+. The van der Waals surface area contributed by atoms with E-state index in [1.807, 2.05) is 42.5 Å². The zero-order chi connectivity index (χ0) is 30.8. The number of benzene rings is 3. The first kappa shape index (κ1) is 31.0. The Kier molecular flexibility index (Phi) is 8.88. The minimum Gasteiger partial charge on any atom is -0.346 e. The molecule has 3 aromatic rings. The molecule has 230 valence electrons. The van der Waals surface area contributed by atoms with Gasteiger partial charge in [-0.3, -0.25) is 4.79 Å². The zero-order valence-corrected chi connectivity index (χ0v) is 23.4. The molecule has 1 saturated carbocycles. The van der Waals surface area contributed by atoms with Gasteiger partial charge in [0.05, 0.1) is 23.1 Å². The lowest BCUT2D eigenvalue weighted by Crippen LogP contribution is -2.52. The van der Waals surface area contributed by atoms with Crippen molar-refractivity contribution in [2.24, 2.45) is 0 Å². The Morgan fingerprint density at radius 1 is 0.791 bits per heavy atom. The highest BCUT2D eigenvalue weighted by Crippen LogP contribution is 2.41. The van der Waals surface area contributed by atoms with Gasteiger partial charge in [-0.05, 0) is 105 Å². The number of carbonyl (C=O) groups is 1. The Bertz CT molecular complexity index is 1360. The van der Waals surface area contributed by atoms with Crippen molar-refractivity contribution in [3.63, 3.8) is 0 Å². The maximum atomic E-state index is 13.4. The molecule has 0 aromatic heterocycles. The number of rotatable bonds is 6. The molecule has 10 heteroatoms. The van der Waals surface area contributed by atoms with E-state index in [4.69, 9.17) is 0 Å². The number of alkyl halides is 6. The zero-order valence-electron chi connectivity index (χ0n) is 23.4. The second-order valence-electron chi connectivity index (χ2n) is 11.7. The van der Waals surface area contributed by atoms with E-state index in [1.54, 1.807) is 0 Å². The lowest BCUT2D eigenvalue weighted by atomic mass is 9.74. The number of hydrogen-bond donors (Lipinski definition) is 1. The minimum atomic E-state index is -4.98. The van der Waals surface area contributed by atoms with Gasteiger partial charge in [0.15, 0.2) is 0 Å². The first-order valence-electron chi connectivity index (χ1n) is 14.5. The summed E-state index contributed by atoms with van der Waals surface area (Å²) in [4.78, 5) is 15.7. The number of nitrogens with zero attached hydrogens (tertiary/aromatic N) is 1. The highest BCUT2D eigenvalue weighted by atomic mass is 19.4. The van der Waals surface area contributed by atoms with Crippen molar-refractivity contribution >= 4 is 5.91 Å². The Morgan fingerprint density at radius 2 is 1.35 bits per heavy atom. The van der Waals surface area contributed by atoms with Gasteiger partial charge >= 0.3 is 12.4 Å². The van der Waals surface area contributed by atoms with Crippen LogP contribution in [0.2, 0.25) is 0 Å². The van der Waals surface area contributed by atoms with Gasteiger partial charge in [0.2, 0.25) is 5.91 Å². The Balaban J connectivity index is 1.27. The van der Waals surface area contributed by atoms with Crippen LogP contribution in [0.3, 0.4) is 0 Å². The molecular formula is C33H33F7N2O. The lowest BCUT2D eigenvalue weighted by Gasteiger charge is -2.46. The first-order chi connectivity index (χ1) is 20.3. The maximum absolute atomic E-state index is 13.4. The molecule has 1 N–H and O–H groups in total. The predicted molar refractivity (Wildman–Crippen MR) is 149 cm³/mol. The van der Waals surface area contributed by atoms with Crippen molar-refractivity contribution in [3.05, 3.63) is 106 Å². The van der Waals surface area contributed by atoms with Gasteiger partial charge in [0, 0.05) is 6.04 Å². The van der Waals surface area contributed by atoms with Crippen molar-refractivity contribution in [3.8, 4) is 0 Å². The van der Waals surface area contributed by atoms with Crippen LogP contribution in [0.5, 0.6) is 0 Å². The molecule has 1 saturated heterocycles. The molecule has 1 amide bonds. The van der Waals surface area contributed by atoms with E-state index in [0.717, 1.165) is 49.9 Å². The minimum absolute atomic E-state index is 0.0661. The number of likely N-dealkylation sites (tertiary alicyclic amines) is 1. The summed E-state index contributed by atoms with van der Waals surface area (Å²) in [5.74, 6) is -0.509.